The number of carbonyl (C=O) groups is 1. The molecule has 24 heavy (non-hydrogen) atoms. The molecule has 1 aromatic carbocycles. The number of methoxy groups -OCH3 is 1. The Bertz CT molecular complexity index is 989. The molecule has 0 radical (unpaired) electrons. The van der Waals surface area contributed by atoms with Crippen molar-refractivity contribution in [2.24, 2.45) is 0 Å². The summed E-state index contributed by atoms with van der Waals surface area (Å²) >= 11 is 0. The first-order valence-electron chi connectivity index (χ1n) is 8.00. The first-order valence-corrected chi connectivity index (χ1v) is 8.00. The normalized spacial score (nSPS) is 14.9. The second kappa shape index (κ2) is 5.67. The van der Waals surface area contributed by atoms with E-state index >= 15 is 0 Å². The van der Waals surface area contributed by atoms with Crippen LogP contribution in [0.25, 0.3) is 21.9 Å². The zero-order chi connectivity index (χ0) is 16.7. The Balaban J connectivity index is 1.71. The van der Waals surface area contributed by atoms with Gasteiger partial charge in [-0.2, -0.15) is 0 Å². The molecule has 1 saturated heterocycles. The molecule has 7 heteroatoms. The summed E-state index contributed by atoms with van der Waals surface area (Å²) in [6.07, 6.45) is 3.06. The Labute approximate surface area is 137 Å². The van der Waals surface area contributed by atoms with Gasteiger partial charge < -0.3 is 14.6 Å². The van der Waals surface area contributed by atoms with E-state index in [2.05, 4.69) is 9.97 Å². The molecular weight excluding hydrogens is 308 g/mol. The zero-order valence-electron chi connectivity index (χ0n) is 13.4. The third-order valence-corrected chi connectivity index (χ3v) is 4.56. The number of carbonyl (C=O) groups excluding carboxylic acids is 1. The van der Waals surface area contributed by atoms with Crippen molar-refractivity contribution in [2.45, 2.75) is 19.4 Å². The Morgan fingerprint density at radius 1 is 1.29 bits per heavy atom. The number of hydrogen-bond donors (Lipinski definition) is 1. The number of H-pyrrole nitrogens is 1. The van der Waals surface area contributed by atoms with Gasteiger partial charge in [0, 0.05) is 37.0 Å². The first kappa shape index (κ1) is 14.7. The van der Waals surface area contributed by atoms with Crippen LogP contribution in [0.3, 0.4) is 0 Å². The van der Waals surface area contributed by atoms with Crippen molar-refractivity contribution in [2.75, 3.05) is 20.2 Å². The van der Waals surface area contributed by atoms with Crippen molar-refractivity contribution in [3.8, 4) is 5.75 Å². The summed E-state index contributed by atoms with van der Waals surface area (Å²) < 4.78 is 6.79. The molecular formula is C17H18N4O3. The topological polar surface area (TPSA) is 80.2 Å². The van der Waals surface area contributed by atoms with E-state index in [4.69, 9.17) is 4.74 Å². The van der Waals surface area contributed by atoms with Crippen molar-refractivity contribution in [3.05, 3.63) is 34.9 Å². The number of ether oxygens (including phenoxy) is 1. The molecule has 3 aromatic rings. The molecule has 0 bridgehead atoms. The molecule has 0 unspecified atom stereocenters. The highest BCUT2D eigenvalue weighted by molar-refractivity contribution is 6.04. The highest BCUT2D eigenvalue weighted by atomic mass is 16.5. The Kier molecular flexibility index (Phi) is 3.48. The second-order valence-electron chi connectivity index (χ2n) is 5.99. The van der Waals surface area contributed by atoms with Crippen LogP contribution < -0.4 is 10.3 Å². The van der Waals surface area contributed by atoms with Crippen molar-refractivity contribution in [3.63, 3.8) is 0 Å². The monoisotopic (exact) mass is 326 g/mol. The number of nitrogens with one attached hydrogen (secondary N) is 1. The SMILES string of the molecule is COc1ccc2[nH]c3c(=O)n(CCN4CCCC4=O)cnc3c2c1. The average Bonchev–Trinajstić information content (AvgIpc) is 3.17. The molecule has 2 aromatic heterocycles. The molecule has 0 atom stereocenters. The molecule has 7 nitrogen and oxygen atoms in total. The lowest BCUT2D eigenvalue weighted by Crippen LogP contribution is -2.31. The molecule has 4 rings (SSSR count). The average molecular weight is 326 g/mol. The summed E-state index contributed by atoms with van der Waals surface area (Å²) in [5, 5.41) is 0.864. The number of fused-ring (bicyclic) bond motifs is 3. The summed E-state index contributed by atoms with van der Waals surface area (Å²) in [4.78, 5) is 33.8. The van der Waals surface area contributed by atoms with Crippen molar-refractivity contribution in [1.82, 2.24) is 19.4 Å². The molecule has 1 fully saturated rings. The van der Waals surface area contributed by atoms with Crippen LogP contribution in [0.2, 0.25) is 0 Å². The number of amides is 1. The van der Waals surface area contributed by atoms with Gasteiger partial charge in [0.05, 0.1) is 13.4 Å². The third kappa shape index (κ3) is 2.33. The van der Waals surface area contributed by atoms with Crippen LogP contribution in [0.5, 0.6) is 5.75 Å². The molecule has 3 heterocycles. The van der Waals surface area contributed by atoms with Crippen molar-refractivity contribution in [1.29, 1.82) is 0 Å². The van der Waals surface area contributed by atoms with E-state index in [0.29, 0.717) is 30.5 Å². The minimum atomic E-state index is -0.123. The first-order chi connectivity index (χ1) is 11.7. The molecule has 0 saturated carbocycles. The predicted molar refractivity (Wildman–Crippen MR) is 90.2 cm³/mol. The number of aromatic nitrogens is 3. The van der Waals surface area contributed by atoms with E-state index in [-0.39, 0.29) is 11.5 Å². The zero-order valence-corrected chi connectivity index (χ0v) is 13.4. The van der Waals surface area contributed by atoms with E-state index in [0.717, 1.165) is 29.6 Å². The maximum absolute atomic E-state index is 12.7. The van der Waals surface area contributed by atoms with Gasteiger partial charge in [-0.05, 0) is 24.6 Å². The molecule has 0 spiro atoms. The number of rotatable bonds is 4. The van der Waals surface area contributed by atoms with Gasteiger partial charge in [-0.25, -0.2) is 4.98 Å². The number of nitrogens with zero attached hydrogens (tertiary/aromatic N) is 3. The minimum absolute atomic E-state index is 0.123. The number of hydrogen-bond acceptors (Lipinski definition) is 4. The van der Waals surface area contributed by atoms with Gasteiger partial charge in [0.15, 0.2) is 0 Å². The standard InChI is InChI=1S/C17H18N4O3/c1-24-11-4-5-13-12(9-11)15-16(19-13)17(23)21(10-18-15)8-7-20-6-2-3-14(20)22/h4-5,9-10,19H,2-3,6-8H2,1H3. The number of likely N-dealkylation sites (tertiary alicyclic amines) is 1. The summed E-state index contributed by atoms with van der Waals surface area (Å²) in [6.45, 7) is 1.77. The highest BCUT2D eigenvalue weighted by Gasteiger charge is 2.20. The van der Waals surface area contributed by atoms with Gasteiger partial charge in [-0.15, -0.1) is 0 Å². The van der Waals surface area contributed by atoms with Gasteiger partial charge >= 0.3 is 0 Å². The van der Waals surface area contributed by atoms with E-state index in [1.165, 1.54) is 0 Å². The molecule has 0 aliphatic carbocycles. The van der Waals surface area contributed by atoms with Crippen molar-refractivity contribution < 1.29 is 9.53 Å². The predicted octanol–water partition coefficient (Wildman–Crippen LogP) is 1.51. The molecule has 124 valence electrons. The number of benzene rings is 1. The highest BCUT2D eigenvalue weighted by Crippen LogP contribution is 2.25. The maximum Gasteiger partial charge on any atom is 0.277 e. The van der Waals surface area contributed by atoms with Crippen LogP contribution in [0, 0.1) is 0 Å². The molecule has 1 aliphatic rings. The quantitative estimate of drug-likeness (QED) is 0.788. The van der Waals surface area contributed by atoms with Crippen LogP contribution in [0.15, 0.2) is 29.3 Å². The van der Waals surface area contributed by atoms with Crippen LogP contribution in [-0.4, -0.2) is 45.5 Å². The largest absolute Gasteiger partial charge is 0.497 e. The molecule has 1 aliphatic heterocycles. The van der Waals surface area contributed by atoms with Crippen LogP contribution >= 0.6 is 0 Å². The van der Waals surface area contributed by atoms with Gasteiger partial charge in [-0.1, -0.05) is 0 Å². The fourth-order valence-electron chi connectivity index (χ4n) is 3.22. The number of aromatic amines is 1. The fourth-order valence-corrected chi connectivity index (χ4v) is 3.22. The van der Waals surface area contributed by atoms with Gasteiger partial charge in [-0.3, -0.25) is 14.2 Å². The summed E-state index contributed by atoms with van der Waals surface area (Å²) in [6, 6.07) is 5.59. The lowest BCUT2D eigenvalue weighted by molar-refractivity contribution is -0.127. The Morgan fingerprint density at radius 2 is 2.17 bits per heavy atom. The van der Waals surface area contributed by atoms with Crippen LogP contribution in [0.4, 0.5) is 0 Å². The lowest BCUT2D eigenvalue weighted by atomic mass is 10.2. The Hall–Kier alpha value is -2.83. The second-order valence-corrected chi connectivity index (χ2v) is 5.99. The van der Waals surface area contributed by atoms with Crippen LogP contribution in [0.1, 0.15) is 12.8 Å². The van der Waals surface area contributed by atoms with Gasteiger partial charge in [0.1, 0.15) is 16.8 Å². The maximum atomic E-state index is 12.7. The Morgan fingerprint density at radius 3 is 2.92 bits per heavy atom. The van der Waals surface area contributed by atoms with E-state index in [1.807, 2.05) is 18.2 Å². The minimum Gasteiger partial charge on any atom is -0.497 e. The molecule has 1 amide bonds. The van der Waals surface area contributed by atoms with Crippen molar-refractivity contribution >= 4 is 27.8 Å². The smallest absolute Gasteiger partial charge is 0.277 e. The van der Waals surface area contributed by atoms with Crippen LogP contribution in [-0.2, 0) is 11.3 Å². The van der Waals surface area contributed by atoms with Gasteiger partial charge in [0.25, 0.3) is 5.56 Å². The summed E-state index contributed by atoms with van der Waals surface area (Å²) in [7, 11) is 1.61. The summed E-state index contributed by atoms with van der Waals surface area (Å²) in [5.41, 5.74) is 1.85. The third-order valence-electron chi connectivity index (χ3n) is 4.56. The lowest BCUT2D eigenvalue weighted by Gasteiger charge is -2.15. The fraction of sp³-hybridized carbons (Fsp3) is 0.353. The van der Waals surface area contributed by atoms with Gasteiger partial charge in [0.2, 0.25) is 5.91 Å². The van der Waals surface area contributed by atoms with E-state index in [9.17, 15) is 9.59 Å². The van der Waals surface area contributed by atoms with E-state index in [1.54, 1.807) is 22.9 Å². The van der Waals surface area contributed by atoms with E-state index < -0.39 is 0 Å². The molecule has 1 N–H and O–H groups in total. The summed E-state index contributed by atoms with van der Waals surface area (Å²) in [5.74, 6) is 0.886.